The second kappa shape index (κ2) is 5.13. The van der Waals surface area contributed by atoms with Crippen molar-refractivity contribution in [2.24, 2.45) is 0 Å². The van der Waals surface area contributed by atoms with Gasteiger partial charge in [-0.05, 0) is 12.1 Å². The number of nitriles is 1. The Hall–Kier alpha value is -1.64. The van der Waals surface area contributed by atoms with E-state index in [0.717, 1.165) is 12.1 Å². The molecule has 1 aliphatic rings. The molecule has 0 spiro atoms. The third kappa shape index (κ3) is 2.54. The summed E-state index contributed by atoms with van der Waals surface area (Å²) in [5.41, 5.74) is 0.846. The van der Waals surface area contributed by atoms with Crippen molar-refractivity contribution >= 4 is 5.69 Å². The predicted octanol–water partition coefficient (Wildman–Crippen LogP) is 1.17. The molecular weight excluding hydrogens is 218 g/mol. The Kier molecular flexibility index (Phi) is 3.57. The van der Waals surface area contributed by atoms with Crippen molar-refractivity contribution in [2.45, 2.75) is 12.0 Å². The Labute approximate surface area is 100 Å². The Morgan fingerprint density at radius 2 is 2.59 bits per heavy atom. The van der Waals surface area contributed by atoms with Gasteiger partial charge in [-0.1, -0.05) is 0 Å². The van der Waals surface area contributed by atoms with Crippen molar-refractivity contribution < 1.29 is 9.47 Å². The molecule has 2 rings (SSSR count). The highest BCUT2D eigenvalue weighted by molar-refractivity contribution is 5.53. The minimum absolute atomic E-state index is 0.289. The number of aromatic nitrogens is 1. The van der Waals surface area contributed by atoms with Crippen molar-refractivity contribution in [1.29, 1.82) is 5.26 Å². The second-order valence-electron chi connectivity index (χ2n) is 4.05. The van der Waals surface area contributed by atoms with E-state index in [1.165, 1.54) is 0 Å². The van der Waals surface area contributed by atoms with Crippen LogP contribution in [0.5, 0.6) is 0 Å². The van der Waals surface area contributed by atoms with E-state index in [9.17, 15) is 0 Å². The molecule has 0 saturated carbocycles. The fraction of sp³-hybridized carbons (Fsp3) is 0.500. The lowest BCUT2D eigenvalue weighted by Crippen LogP contribution is -2.39. The van der Waals surface area contributed by atoms with Crippen molar-refractivity contribution in [2.75, 3.05) is 32.2 Å². The van der Waals surface area contributed by atoms with Crippen LogP contribution in [-0.2, 0) is 9.47 Å². The molecule has 0 bridgehead atoms. The van der Waals surface area contributed by atoms with E-state index in [2.05, 4.69) is 16.4 Å². The topological polar surface area (TPSA) is 67.2 Å². The smallest absolute Gasteiger partial charge is 0.163 e. The van der Waals surface area contributed by atoms with Crippen molar-refractivity contribution in [1.82, 2.24) is 4.98 Å². The van der Waals surface area contributed by atoms with Gasteiger partial charge in [0.1, 0.15) is 11.7 Å². The molecule has 90 valence electrons. The van der Waals surface area contributed by atoms with Crippen molar-refractivity contribution in [3.05, 3.63) is 24.0 Å². The van der Waals surface area contributed by atoms with Gasteiger partial charge in [-0.3, -0.25) is 0 Å². The van der Waals surface area contributed by atoms with Gasteiger partial charge in [0.15, 0.2) is 5.69 Å². The molecule has 0 aromatic carbocycles. The maximum absolute atomic E-state index is 8.92. The van der Waals surface area contributed by atoms with Gasteiger partial charge in [0, 0.05) is 32.9 Å². The van der Waals surface area contributed by atoms with E-state index >= 15 is 0 Å². The fourth-order valence-corrected chi connectivity index (χ4v) is 1.85. The number of anilines is 1. The van der Waals surface area contributed by atoms with Crippen LogP contribution in [0.25, 0.3) is 0 Å². The van der Waals surface area contributed by atoms with Gasteiger partial charge in [-0.15, -0.1) is 0 Å². The van der Waals surface area contributed by atoms with E-state index in [1.807, 2.05) is 6.07 Å². The molecule has 0 radical (unpaired) electrons. The first-order valence-corrected chi connectivity index (χ1v) is 5.51. The maximum Gasteiger partial charge on any atom is 0.163 e. The molecule has 17 heavy (non-hydrogen) atoms. The molecule has 1 fully saturated rings. The lowest BCUT2D eigenvalue weighted by Gasteiger charge is -2.26. The number of pyridine rings is 1. The van der Waals surface area contributed by atoms with Gasteiger partial charge < -0.3 is 14.8 Å². The first-order chi connectivity index (χ1) is 8.29. The lowest BCUT2D eigenvalue weighted by atomic mass is 10.0. The highest BCUT2D eigenvalue weighted by Gasteiger charge is 2.34. The minimum atomic E-state index is -0.289. The van der Waals surface area contributed by atoms with Crippen LogP contribution >= 0.6 is 0 Å². The van der Waals surface area contributed by atoms with Crippen molar-refractivity contribution in [3.63, 3.8) is 0 Å². The lowest BCUT2D eigenvalue weighted by molar-refractivity contribution is -0.00620. The molecule has 1 aromatic heterocycles. The van der Waals surface area contributed by atoms with Crippen LogP contribution < -0.4 is 5.32 Å². The summed E-state index contributed by atoms with van der Waals surface area (Å²) >= 11 is 0. The number of hydrogen-bond acceptors (Lipinski definition) is 5. The monoisotopic (exact) mass is 233 g/mol. The Bertz CT molecular complexity index is 422. The van der Waals surface area contributed by atoms with Gasteiger partial charge in [0.05, 0.1) is 12.3 Å². The van der Waals surface area contributed by atoms with Crippen LogP contribution in [0.3, 0.4) is 0 Å². The zero-order valence-corrected chi connectivity index (χ0v) is 9.77. The highest BCUT2D eigenvalue weighted by atomic mass is 16.5. The van der Waals surface area contributed by atoms with E-state index in [-0.39, 0.29) is 5.60 Å². The summed E-state index contributed by atoms with van der Waals surface area (Å²) in [4.78, 5) is 4.00. The van der Waals surface area contributed by atoms with Gasteiger partial charge >= 0.3 is 0 Å². The van der Waals surface area contributed by atoms with E-state index in [1.54, 1.807) is 19.4 Å². The highest BCUT2D eigenvalue weighted by Crippen LogP contribution is 2.23. The molecule has 0 aliphatic carbocycles. The van der Waals surface area contributed by atoms with Gasteiger partial charge in [-0.25, -0.2) is 4.98 Å². The average molecular weight is 233 g/mol. The van der Waals surface area contributed by atoms with Crippen LogP contribution in [0.1, 0.15) is 12.1 Å². The number of nitrogens with one attached hydrogen (secondary N) is 1. The molecule has 1 saturated heterocycles. The van der Waals surface area contributed by atoms with Crippen LogP contribution in [0.4, 0.5) is 5.69 Å². The molecule has 2 heterocycles. The third-order valence-corrected chi connectivity index (χ3v) is 3.01. The van der Waals surface area contributed by atoms with Crippen LogP contribution in [0, 0.1) is 11.3 Å². The van der Waals surface area contributed by atoms with Gasteiger partial charge in [-0.2, -0.15) is 5.26 Å². The molecule has 0 amide bonds. The first-order valence-electron chi connectivity index (χ1n) is 5.51. The molecule has 1 aromatic rings. The number of ether oxygens (including phenoxy) is 2. The van der Waals surface area contributed by atoms with E-state index in [4.69, 9.17) is 14.7 Å². The SMILES string of the molecule is COC1(CNc2cccnc2C#N)CCOC1. The zero-order valence-electron chi connectivity index (χ0n) is 9.77. The molecule has 1 aliphatic heterocycles. The van der Waals surface area contributed by atoms with Crippen LogP contribution in [0.15, 0.2) is 18.3 Å². The number of rotatable bonds is 4. The zero-order chi connectivity index (χ0) is 12.1. The van der Waals surface area contributed by atoms with E-state index in [0.29, 0.717) is 25.5 Å². The average Bonchev–Trinajstić information content (AvgIpc) is 2.86. The van der Waals surface area contributed by atoms with Crippen molar-refractivity contribution in [3.8, 4) is 6.07 Å². The van der Waals surface area contributed by atoms with E-state index < -0.39 is 0 Å². The minimum Gasteiger partial charge on any atom is -0.380 e. The number of hydrogen-bond donors (Lipinski definition) is 1. The maximum atomic E-state index is 8.92. The molecule has 1 atom stereocenters. The summed E-state index contributed by atoms with van der Waals surface area (Å²) in [6.45, 7) is 1.91. The Morgan fingerprint density at radius 3 is 3.24 bits per heavy atom. The quantitative estimate of drug-likeness (QED) is 0.845. The third-order valence-electron chi connectivity index (χ3n) is 3.01. The summed E-state index contributed by atoms with van der Waals surface area (Å²) in [7, 11) is 1.69. The predicted molar refractivity (Wildman–Crippen MR) is 62.6 cm³/mol. The molecule has 5 heteroatoms. The van der Waals surface area contributed by atoms with Gasteiger partial charge in [0.2, 0.25) is 0 Å². The van der Waals surface area contributed by atoms with Crippen LogP contribution in [0.2, 0.25) is 0 Å². The summed E-state index contributed by atoms with van der Waals surface area (Å²) < 4.78 is 10.9. The summed E-state index contributed by atoms with van der Waals surface area (Å²) in [5, 5.41) is 12.1. The molecule has 1 unspecified atom stereocenters. The summed E-state index contributed by atoms with van der Waals surface area (Å²) in [6, 6.07) is 5.69. The van der Waals surface area contributed by atoms with Gasteiger partial charge in [0.25, 0.3) is 0 Å². The standard InChI is InChI=1S/C12H15N3O2/c1-16-12(4-6-17-9-12)8-15-10-3-2-5-14-11(10)7-13/h2-3,5,15H,4,6,8-9H2,1H3. The van der Waals surface area contributed by atoms with Crippen LogP contribution in [-0.4, -0.2) is 37.5 Å². The Morgan fingerprint density at radius 1 is 1.71 bits per heavy atom. The molecule has 5 nitrogen and oxygen atoms in total. The summed E-state index contributed by atoms with van der Waals surface area (Å²) in [5.74, 6) is 0. The number of nitrogens with zero attached hydrogens (tertiary/aromatic N) is 2. The first kappa shape index (κ1) is 11.8. The fourth-order valence-electron chi connectivity index (χ4n) is 1.85. The number of methoxy groups -OCH3 is 1. The summed E-state index contributed by atoms with van der Waals surface area (Å²) in [6.07, 6.45) is 2.47. The normalized spacial score (nSPS) is 23.3. The largest absolute Gasteiger partial charge is 0.380 e. The second-order valence-corrected chi connectivity index (χ2v) is 4.05. The molecule has 1 N–H and O–H groups in total. The molecular formula is C12H15N3O2. The Balaban J connectivity index is 2.04.